The first-order valence-corrected chi connectivity index (χ1v) is 5.10. The lowest BCUT2D eigenvalue weighted by molar-refractivity contribution is -0.127. The van der Waals surface area contributed by atoms with E-state index in [-0.39, 0.29) is 5.78 Å². The van der Waals surface area contributed by atoms with Crippen molar-refractivity contribution in [3.8, 4) is 0 Å². The number of hydrogen-bond acceptors (Lipinski definition) is 2. The normalized spacial score (nSPS) is 39.6. The van der Waals surface area contributed by atoms with Crippen molar-refractivity contribution in [1.82, 2.24) is 0 Å². The third-order valence-corrected chi connectivity index (χ3v) is 4.57. The molecule has 0 saturated carbocycles. The molecule has 4 heteroatoms. The van der Waals surface area contributed by atoms with Crippen LogP contribution in [0.3, 0.4) is 0 Å². The van der Waals surface area contributed by atoms with Gasteiger partial charge in [-0.3, -0.25) is 4.79 Å². The fraction of sp³-hybridized carbons (Fsp3) is 0.375. The second kappa shape index (κ2) is 2.53. The first-order chi connectivity index (χ1) is 5.54. The molecule has 2 rings (SSSR count). The number of halogens is 2. The lowest BCUT2D eigenvalue weighted by atomic mass is 10.1. The van der Waals surface area contributed by atoms with E-state index in [1.165, 1.54) is 0 Å². The van der Waals surface area contributed by atoms with Gasteiger partial charge in [0.05, 0.1) is 4.48 Å². The monoisotopic (exact) mass is 292 g/mol. The minimum absolute atomic E-state index is 0.0203. The second-order valence-electron chi connectivity index (χ2n) is 3.00. The summed E-state index contributed by atoms with van der Waals surface area (Å²) in [5, 5.41) is 0. The number of ketones is 1. The van der Waals surface area contributed by atoms with Crippen LogP contribution in [-0.2, 0) is 9.53 Å². The van der Waals surface area contributed by atoms with Gasteiger partial charge in [0.1, 0.15) is 11.7 Å². The van der Waals surface area contributed by atoms with Crippen LogP contribution in [0.15, 0.2) is 21.1 Å². The second-order valence-corrected chi connectivity index (χ2v) is 4.58. The molecule has 0 fully saturated rings. The van der Waals surface area contributed by atoms with E-state index in [0.717, 1.165) is 4.48 Å². The first-order valence-electron chi connectivity index (χ1n) is 3.52. The summed E-state index contributed by atoms with van der Waals surface area (Å²) in [6, 6.07) is 0. The van der Waals surface area contributed by atoms with E-state index < -0.39 is 11.7 Å². The Kier molecular flexibility index (Phi) is 1.82. The molecule has 0 radical (unpaired) electrons. The highest BCUT2D eigenvalue weighted by Gasteiger charge is 2.44. The summed E-state index contributed by atoms with van der Waals surface area (Å²) < 4.78 is 6.84. The zero-order valence-corrected chi connectivity index (χ0v) is 9.48. The van der Waals surface area contributed by atoms with E-state index >= 15 is 0 Å². The molecule has 0 N–H and O–H groups in total. The van der Waals surface area contributed by atoms with Crippen molar-refractivity contribution in [3.63, 3.8) is 0 Å². The molecular weight excluding hydrogens is 288 g/mol. The van der Waals surface area contributed by atoms with Gasteiger partial charge in [-0.1, -0.05) is 15.9 Å². The molecular formula is C8H6Br2O2. The highest BCUT2D eigenvalue weighted by atomic mass is 79.9. The fourth-order valence-electron chi connectivity index (χ4n) is 1.33. The molecule has 2 aliphatic rings. The molecule has 2 aliphatic heterocycles. The van der Waals surface area contributed by atoms with Crippen LogP contribution in [-0.4, -0.2) is 17.5 Å². The van der Waals surface area contributed by atoms with Crippen molar-refractivity contribution in [2.24, 2.45) is 0 Å². The largest absolute Gasteiger partial charge is 0.350 e. The molecule has 0 spiro atoms. The molecule has 2 bridgehead atoms. The summed E-state index contributed by atoms with van der Waals surface area (Å²) in [4.78, 5) is 11.4. The number of Topliss-reactive ketones (excluding diaryl/α,β-unsaturated/α-hetero) is 1. The molecule has 0 aromatic rings. The number of carbonyl (C=O) groups is 1. The predicted molar refractivity (Wildman–Crippen MR) is 52.3 cm³/mol. The van der Waals surface area contributed by atoms with Crippen LogP contribution in [0.5, 0.6) is 0 Å². The van der Waals surface area contributed by atoms with Gasteiger partial charge in [-0.05, 0) is 35.0 Å². The van der Waals surface area contributed by atoms with Crippen molar-refractivity contribution in [2.75, 3.05) is 0 Å². The maximum atomic E-state index is 11.4. The quantitative estimate of drug-likeness (QED) is 0.641. The lowest BCUT2D eigenvalue weighted by Crippen LogP contribution is -2.35. The summed E-state index contributed by atoms with van der Waals surface area (Å²) in [6.07, 6.45) is 3.29. The van der Waals surface area contributed by atoms with Crippen molar-refractivity contribution in [3.05, 3.63) is 21.1 Å². The molecule has 12 heavy (non-hydrogen) atoms. The molecule has 2 unspecified atom stereocenters. The third-order valence-electron chi connectivity index (χ3n) is 2.06. The van der Waals surface area contributed by atoms with Gasteiger partial charge in [0.2, 0.25) is 5.78 Å². The van der Waals surface area contributed by atoms with E-state index in [4.69, 9.17) is 4.74 Å². The number of hydrogen-bond donors (Lipinski definition) is 0. The molecule has 0 aromatic carbocycles. The zero-order chi connectivity index (χ0) is 8.93. The number of carbonyl (C=O) groups excluding carboxylic acids is 1. The van der Waals surface area contributed by atoms with E-state index in [0.29, 0.717) is 4.48 Å². The predicted octanol–water partition coefficient (Wildman–Crippen LogP) is 2.28. The molecule has 2 atom stereocenters. The van der Waals surface area contributed by atoms with Gasteiger partial charge in [-0.2, -0.15) is 0 Å². The van der Waals surface area contributed by atoms with Crippen LogP contribution in [0.4, 0.5) is 0 Å². The fourth-order valence-corrected chi connectivity index (χ4v) is 2.37. The van der Waals surface area contributed by atoms with E-state index in [9.17, 15) is 4.79 Å². The van der Waals surface area contributed by atoms with Crippen molar-refractivity contribution in [1.29, 1.82) is 0 Å². The summed E-state index contributed by atoms with van der Waals surface area (Å²) in [5.41, 5.74) is -0.447. The van der Waals surface area contributed by atoms with Crippen LogP contribution >= 0.6 is 31.9 Å². The first kappa shape index (κ1) is 8.66. The highest BCUT2D eigenvalue weighted by molar-refractivity contribution is 9.14. The van der Waals surface area contributed by atoms with Crippen molar-refractivity contribution < 1.29 is 9.53 Å². The van der Waals surface area contributed by atoms with Gasteiger partial charge < -0.3 is 4.74 Å². The summed E-state index contributed by atoms with van der Waals surface area (Å²) in [7, 11) is 0. The van der Waals surface area contributed by atoms with E-state index in [1.54, 1.807) is 6.08 Å². The Morgan fingerprint density at radius 1 is 1.58 bits per heavy atom. The summed E-state index contributed by atoms with van der Waals surface area (Å²) >= 11 is 6.58. The SMILES string of the molecule is CC12C=CC(O1)C(=O)C(Br)=C2Br. The van der Waals surface area contributed by atoms with Crippen molar-refractivity contribution in [2.45, 2.75) is 18.6 Å². The zero-order valence-electron chi connectivity index (χ0n) is 6.30. The molecule has 2 heterocycles. The van der Waals surface area contributed by atoms with Gasteiger partial charge in [0.25, 0.3) is 0 Å². The average molecular weight is 294 g/mol. The average Bonchev–Trinajstić information content (AvgIpc) is 2.41. The Hall–Kier alpha value is 0.0700. The minimum Gasteiger partial charge on any atom is -0.350 e. The maximum absolute atomic E-state index is 11.4. The number of fused-ring (bicyclic) bond motifs is 2. The topological polar surface area (TPSA) is 26.3 Å². The Morgan fingerprint density at radius 3 is 2.92 bits per heavy atom. The van der Waals surface area contributed by atoms with Crippen LogP contribution < -0.4 is 0 Å². The molecule has 0 amide bonds. The van der Waals surface area contributed by atoms with Gasteiger partial charge in [-0.25, -0.2) is 0 Å². The van der Waals surface area contributed by atoms with E-state index in [1.807, 2.05) is 13.0 Å². The van der Waals surface area contributed by atoms with Crippen LogP contribution in [0.25, 0.3) is 0 Å². The highest BCUT2D eigenvalue weighted by Crippen LogP contribution is 2.43. The molecule has 0 saturated heterocycles. The van der Waals surface area contributed by atoms with Crippen LogP contribution in [0.1, 0.15) is 6.92 Å². The Bertz CT molecular complexity index is 319. The minimum atomic E-state index is -0.447. The maximum Gasteiger partial charge on any atom is 0.203 e. The summed E-state index contributed by atoms with van der Waals surface area (Å²) in [5.74, 6) is -0.0203. The Balaban J connectivity index is 2.58. The molecule has 0 aliphatic carbocycles. The lowest BCUT2D eigenvalue weighted by Gasteiger charge is -2.29. The smallest absolute Gasteiger partial charge is 0.203 e. The summed E-state index contributed by atoms with van der Waals surface area (Å²) in [6.45, 7) is 1.92. The van der Waals surface area contributed by atoms with Gasteiger partial charge in [0.15, 0.2) is 0 Å². The number of ether oxygens (including phenoxy) is 1. The van der Waals surface area contributed by atoms with Crippen LogP contribution in [0.2, 0.25) is 0 Å². The van der Waals surface area contributed by atoms with Gasteiger partial charge in [-0.15, -0.1) is 0 Å². The molecule has 2 nitrogen and oxygen atoms in total. The Labute approximate surface area is 86.9 Å². The third kappa shape index (κ3) is 0.980. The standard InChI is InChI=1S/C8H6Br2O2/c1-8-3-2-4(12-8)6(11)5(9)7(8)10/h2-4H,1H3. The van der Waals surface area contributed by atoms with Crippen LogP contribution in [0, 0.1) is 0 Å². The van der Waals surface area contributed by atoms with Gasteiger partial charge >= 0.3 is 0 Å². The molecule has 64 valence electrons. The van der Waals surface area contributed by atoms with Crippen molar-refractivity contribution >= 4 is 37.6 Å². The number of rotatable bonds is 0. The van der Waals surface area contributed by atoms with Gasteiger partial charge in [0, 0.05) is 4.48 Å². The van der Waals surface area contributed by atoms with E-state index in [2.05, 4.69) is 31.9 Å². The molecule has 0 aromatic heterocycles. The Morgan fingerprint density at radius 2 is 2.25 bits per heavy atom.